The second-order valence-corrected chi connectivity index (χ2v) is 8.43. The highest BCUT2D eigenvalue weighted by molar-refractivity contribution is 7.89. The molecule has 3 aromatic rings. The topological polar surface area (TPSA) is 103 Å². The molecule has 3 N–H and O–H groups in total. The Kier molecular flexibility index (Phi) is 6.06. The minimum atomic E-state index is -3.78. The standard InChI is InChI=1S/C19H21F2N5O2S/c1-12(2)19-24-18(11-23-10-13-7-14(20)9-15(21)8-13)25-26(19)16-3-5-17(6-4-16)29(22,27)28/h3-9,12,23H,10-11H2,1-2H3,(H2,22,27,28). The summed E-state index contributed by atoms with van der Waals surface area (Å²) in [5, 5.41) is 12.7. The Bertz CT molecular complexity index is 1090. The van der Waals surface area contributed by atoms with E-state index in [1.165, 1.54) is 24.3 Å². The Morgan fingerprint density at radius 2 is 1.69 bits per heavy atom. The van der Waals surface area contributed by atoms with Crippen LogP contribution in [0.15, 0.2) is 47.4 Å². The van der Waals surface area contributed by atoms with Gasteiger partial charge in [-0.1, -0.05) is 13.8 Å². The van der Waals surface area contributed by atoms with Gasteiger partial charge in [0.05, 0.1) is 17.1 Å². The molecule has 1 heterocycles. The monoisotopic (exact) mass is 421 g/mol. The van der Waals surface area contributed by atoms with Crippen molar-refractivity contribution in [3.63, 3.8) is 0 Å². The van der Waals surface area contributed by atoms with Crippen LogP contribution in [-0.2, 0) is 23.1 Å². The van der Waals surface area contributed by atoms with Crippen molar-refractivity contribution in [3.8, 4) is 5.69 Å². The molecule has 10 heteroatoms. The first-order chi connectivity index (χ1) is 13.6. The molecule has 0 aliphatic heterocycles. The lowest BCUT2D eigenvalue weighted by atomic mass is 10.2. The molecule has 0 aliphatic rings. The van der Waals surface area contributed by atoms with Crippen LogP contribution in [0.2, 0.25) is 0 Å². The number of nitrogens with one attached hydrogen (secondary N) is 1. The van der Waals surface area contributed by atoms with Crippen LogP contribution in [0, 0.1) is 11.6 Å². The van der Waals surface area contributed by atoms with Crippen molar-refractivity contribution in [1.29, 1.82) is 0 Å². The molecule has 0 atom stereocenters. The van der Waals surface area contributed by atoms with E-state index in [0.717, 1.165) is 6.07 Å². The van der Waals surface area contributed by atoms with Gasteiger partial charge in [0.25, 0.3) is 0 Å². The van der Waals surface area contributed by atoms with E-state index in [1.54, 1.807) is 16.8 Å². The second-order valence-electron chi connectivity index (χ2n) is 6.87. The van der Waals surface area contributed by atoms with Crippen molar-refractivity contribution in [2.75, 3.05) is 0 Å². The highest BCUT2D eigenvalue weighted by Crippen LogP contribution is 2.19. The summed E-state index contributed by atoms with van der Waals surface area (Å²) in [6, 6.07) is 9.37. The van der Waals surface area contributed by atoms with Gasteiger partial charge >= 0.3 is 0 Å². The Morgan fingerprint density at radius 3 is 2.24 bits per heavy atom. The largest absolute Gasteiger partial charge is 0.306 e. The molecule has 0 fully saturated rings. The van der Waals surface area contributed by atoms with Crippen LogP contribution in [0.25, 0.3) is 5.69 Å². The fourth-order valence-electron chi connectivity index (χ4n) is 2.82. The number of benzene rings is 2. The summed E-state index contributed by atoms with van der Waals surface area (Å²) in [5.41, 5.74) is 1.12. The van der Waals surface area contributed by atoms with E-state index in [0.29, 0.717) is 29.4 Å². The van der Waals surface area contributed by atoms with Gasteiger partial charge in [0, 0.05) is 18.5 Å². The van der Waals surface area contributed by atoms with E-state index < -0.39 is 21.7 Å². The minimum Gasteiger partial charge on any atom is -0.306 e. The molecule has 0 radical (unpaired) electrons. The average Bonchev–Trinajstić information content (AvgIpc) is 3.05. The summed E-state index contributed by atoms with van der Waals surface area (Å²) in [4.78, 5) is 4.53. The van der Waals surface area contributed by atoms with E-state index in [-0.39, 0.29) is 17.4 Å². The smallest absolute Gasteiger partial charge is 0.238 e. The zero-order valence-electron chi connectivity index (χ0n) is 15.9. The quantitative estimate of drug-likeness (QED) is 0.610. The lowest BCUT2D eigenvalue weighted by Crippen LogP contribution is -2.14. The molecule has 0 aliphatic carbocycles. The van der Waals surface area contributed by atoms with Crippen molar-refractivity contribution in [2.24, 2.45) is 5.14 Å². The molecule has 0 unspecified atom stereocenters. The SMILES string of the molecule is CC(C)c1nc(CNCc2cc(F)cc(F)c2)nn1-c1ccc(S(N)(=O)=O)cc1. The summed E-state index contributed by atoms with van der Waals surface area (Å²) >= 11 is 0. The van der Waals surface area contributed by atoms with Crippen LogP contribution < -0.4 is 10.5 Å². The van der Waals surface area contributed by atoms with Crippen LogP contribution in [0.3, 0.4) is 0 Å². The van der Waals surface area contributed by atoms with Crippen LogP contribution in [0.5, 0.6) is 0 Å². The van der Waals surface area contributed by atoms with Gasteiger partial charge in [-0.15, -0.1) is 5.10 Å². The van der Waals surface area contributed by atoms with Crippen molar-refractivity contribution in [2.45, 2.75) is 37.8 Å². The number of hydrogen-bond acceptors (Lipinski definition) is 5. The molecule has 0 spiro atoms. The molecule has 154 valence electrons. The highest BCUT2D eigenvalue weighted by atomic mass is 32.2. The zero-order valence-corrected chi connectivity index (χ0v) is 16.7. The summed E-state index contributed by atoms with van der Waals surface area (Å²) in [7, 11) is -3.78. The van der Waals surface area contributed by atoms with Gasteiger partial charge in [-0.3, -0.25) is 0 Å². The van der Waals surface area contributed by atoms with Gasteiger partial charge in [-0.2, -0.15) is 0 Å². The first-order valence-electron chi connectivity index (χ1n) is 8.88. The molecular weight excluding hydrogens is 400 g/mol. The van der Waals surface area contributed by atoms with E-state index in [4.69, 9.17) is 5.14 Å². The predicted octanol–water partition coefficient (Wildman–Crippen LogP) is 2.61. The normalized spacial score (nSPS) is 11.9. The van der Waals surface area contributed by atoms with Crippen LogP contribution in [-0.4, -0.2) is 23.2 Å². The summed E-state index contributed by atoms with van der Waals surface area (Å²) in [6.07, 6.45) is 0. The van der Waals surface area contributed by atoms with Crippen molar-refractivity contribution < 1.29 is 17.2 Å². The maximum atomic E-state index is 13.3. The average molecular weight is 421 g/mol. The maximum absolute atomic E-state index is 13.3. The van der Waals surface area contributed by atoms with Gasteiger partial charge in [0.15, 0.2) is 5.82 Å². The van der Waals surface area contributed by atoms with Crippen molar-refractivity contribution in [3.05, 3.63) is 71.3 Å². The van der Waals surface area contributed by atoms with Crippen LogP contribution in [0.1, 0.15) is 37.0 Å². The van der Waals surface area contributed by atoms with E-state index >= 15 is 0 Å². The Morgan fingerprint density at radius 1 is 1.07 bits per heavy atom. The third-order valence-corrected chi connectivity index (χ3v) is 5.07. The summed E-state index contributed by atoms with van der Waals surface area (Å²) in [6.45, 7) is 4.47. The molecule has 3 rings (SSSR count). The number of nitrogens with two attached hydrogens (primary N) is 1. The molecule has 0 bridgehead atoms. The van der Waals surface area contributed by atoms with Gasteiger partial charge in [0.2, 0.25) is 10.0 Å². The highest BCUT2D eigenvalue weighted by Gasteiger charge is 2.16. The minimum absolute atomic E-state index is 0.0108. The van der Waals surface area contributed by atoms with Gasteiger partial charge in [0.1, 0.15) is 17.5 Å². The number of nitrogens with zero attached hydrogens (tertiary/aromatic N) is 3. The molecule has 0 amide bonds. The Hall–Kier alpha value is -2.69. The zero-order chi connectivity index (χ0) is 21.2. The summed E-state index contributed by atoms with van der Waals surface area (Å²) in [5.74, 6) is -0.00184. The Labute approximate surface area is 167 Å². The fourth-order valence-corrected chi connectivity index (χ4v) is 3.33. The maximum Gasteiger partial charge on any atom is 0.238 e. The number of aromatic nitrogens is 3. The van der Waals surface area contributed by atoms with E-state index in [1.807, 2.05) is 13.8 Å². The molecule has 1 aromatic heterocycles. The third-order valence-electron chi connectivity index (χ3n) is 4.14. The molecular formula is C19H21F2N5O2S. The lowest BCUT2D eigenvalue weighted by Gasteiger charge is -2.08. The van der Waals surface area contributed by atoms with E-state index in [2.05, 4.69) is 15.4 Å². The van der Waals surface area contributed by atoms with Crippen LogP contribution >= 0.6 is 0 Å². The number of rotatable bonds is 7. The lowest BCUT2D eigenvalue weighted by molar-refractivity contribution is 0.573. The molecule has 29 heavy (non-hydrogen) atoms. The Balaban J connectivity index is 1.78. The number of hydrogen-bond donors (Lipinski definition) is 2. The third kappa shape index (κ3) is 5.22. The van der Waals surface area contributed by atoms with E-state index in [9.17, 15) is 17.2 Å². The molecule has 2 aromatic carbocycles. The van der Waals surface area contributed by atoms with Gasteiger partial charge in [-0.05, 0) is 42.0 Å². The summed E-state index contributed by atoms with van der Waals surface area (Å²) < 4.78 is 51.0. The van der Waals surface area contributed by atoms with Crippen molar-refractivity contribution >= 4 is 10.0 Å². The predicted molar refractivity (Wildman–Crippen MR) is 104 cm³/mol. The number of sulfonamides is 1. The second kappa shape index (κ2) is 8.36. The first-order valence-corrected chi connectivity index (χ1v) is 10.4. The fraction of sp³-hybridized carbons (Fsp3) is 0.263. The van der Waals surface area contributed by atoms with Crippen molar-refractivity contribution in [1.82, 2.24) is 20.1 Å². The number of primary sulfonamides is 1. The van der Waals surface area contributed by atoms with Gasteiger partial charge < -0.3 is 5.32 Å². The van der Waals surface area contributed by atoms with Crippen LogP contribution in [0.4, 0.5) is 8.78 Å². The molecule has 0 saturated carbocycles. The molecule has 0 saturated heterocycles. The first kappa shape index (κ1) is 21.0. The van der Waals surface area contributed by atoms with Gasteiger partial charge in [-0.25, -0.2) is 32.0 Å². The number of halogens is 2. The molecule has 7 nitrogen and oxygen atoms in total.